The number of hydrogen-bond donors (Lipinski definition) is 2. The first-order chi connectivity index (χ1) is 17.5. The highest BCUT2D eigenvalue weighted by molar-refractivity contribution is 7.93. The van der Waals surface area contributed by atoms with Crippen molar-refractivity contribution in [2.24, 2.45) is 10.9 Å². The zero-order chi connectivity index (χ0) is 26.1. The molecule has 37 heavy (non-hydrogen) atoms. The fourth-order valence-corrected chi connectivity index (χ4v) is 7.56. The van der Waals surface area contributed by atoms with Crippen LogP contribution in [0.3, 0.4) is 0 Å². The van der Waals surface area contributed by atoms with E-state index in [1.54, 1.807) is 0 Å². The van der Waals surface area contributed by atoms with Crippen molar-refractivity contribution in [3.63, 3.8) is 0 Å². The Balaban J connectivity index is 1.47. The van der Waals surface area contributed by atoms with E-state index >= 15 is 0 Å². The van der Waals surface area contributed by atoms with Crippen LogP contribution in [0.15, 0.2) is 51.1 Å². The van der Waals surface area contributed by atoms with E-state index in [4.69, 9.17) is 0 Å². The van der Waals surface area contributed by atoms with E-state index in [1.807, 2.05) is 0 Å². The Morgan fingerprint density at radius 1 is 1.11 bits per heavy atom. The molecule has 2 heterocycles. The number of aryl methyl sites for hydroxylation is 1. The number of aromatic nitrogens is 1. The third-order valence-electron chi connectivity index (χ3n) is 7.05. The second-order valence-electron chi connectivity index (χ2n) is 9.92. The molecule has 1 aromatic heterocycles. The molecule has 0 amide bonds. The summed E-state index contributed by atoms with van der Waals surface area (Å²) in [5, 5.41) is 10.7. The maximum Gasteiger partial charge on any atom is 0.263 e. The summed E-state index contributed by atoms with van der Waals surface area (Å²) in [6.45, 7) is 0.347. The molecule has 0 unspecified atom stereocenters. The summed E-state index contributed by atoms with van der Waals surface area (Å²) in [5.74, 6) is -1.30. The van der Waals surface area contributed by atoms with E-state index in [9.17, 15) is 31.1 Å². The van der Waals surface area contributed by atoms with Gasteiger partial charge in [0.25, 0.3) is 5.56 Å². The number of pyridine rings is 1. The van der Waals surface area contributed by atoms with Crippen LogP contribution in [0.25, 0.3) is 10.9 Å². The SMILES string of the molecule is O=c1c(C2=Nc3ccc(NS(=O)(=O)C4CC4)cc3S(=O)(=O)C2)c(O)c2cc(F)ccc2n1CCC1CC1. The molecule has 194 valence electrons. The van der Waals surface area contributed by atoms with Crippen LogP contribution in [0.1, 0.15) is 37.7 Å². The number of sulfone groups is 1. The Bertz CT molecular complexity index is 1770. The van der Waals surface area contributed by atoms with Gasteiger partial charge in [-0.3, -0.25) is 14.5 Å². The number of aliphatic imine (C=N–C) groups is 1. The Hall–Kier alpha value is -3.25. The molecule has 2 aliphatic carbocycles. The number of aromatic hydroxyl groups is 1. The lowest BCUT2D eigenvalue weighted by atomic mass is 10.1. The Kier molecular flexibility index (Phi) is 5.46. The first-order valence-corrected chi connectivity index (χ1v) is 15.2. The van der Waals surface area contributed by atoms with Crippen LogP contribution in [0.4, 0.5) is 15.8 Å². The highest BCUT2D eigenvalue weighted by atomic mass is 32.2. The van der Waals surface area contributed by atoms with Crippen LogP contribution < -0.4 is 10.3 Å². The molecule has 1 aliphatic heterocycles. The molecule has 12 heteroatoms. The summed E-state index contributed by atoms with van der Waals surface area (Å²) in [7, 11) is -7.64. The van der Waals surface area contributed by atoms with Gasteiger partial charge in [0.1, 0.15) is 17.1 Å². The number of benzene rings is 2. The number of hydrogen-bond acceptors (Lipinski definition) is 7. The van der Waals surface area contributed by atoms with Crippen LogP contribution in [-0.2, 0) is 26.4 Å². The molecule has 2 aromatic carbocycles. The molecular weight excluding hydrogens is 521 g/mol. The largest absolute Gasteiger partial charge is 0.506 e. The van der Waals surface area contributed by atoms with Crippen molar-refractivity contribution < 1.29 is 26.3 Å². The highest BCUT2D eigenvalue weighted by Gasteiger charge is 2.36. The summed E-state index contributed by atoms with van der Waals surface area (Å²) in [6.07, 6.45) is 4.01. The lowest BCUT2D eigenvalue weighted by Crippen LogP contribution is -2.32. The number of fused-ring (bicyclic) bond motifs is 2. The monoisotopic (exact) mass is 545 g/mol. The highest BCUT2D eigenvalue weighted by Crippen LogP contribution is 2.38. The van der Waals surface area contributed by atoms with Gasteiger partial charge in [-0.15, -0.1) is 0 Å². The number of sulfonamides is 1. The lowest BCUT2D eigenvalue weighted by molar-refractivity contribution is 0.476. The average molecular weight is 546 g/mol. The number of rotatable bonds is 7. The van der Waals surface area contributed by atoms with Crippen LogP contribution >= 0.6 is 0 Å². The van der Waals surface area contributed by atoms with Crippen molar-refractivity contribution in [1.82, 2.24) is 4.57 Å². The second kappa shape index (κ2) is 8.38. The molecule has 3 aromatic rings. The van der Waals surface area contributed by atoms with Crippen molar-refractivity contribution in [3.8, 4) is 5.75 Å². The van der Waals surface area contributed by atoms with Crippen molar-refractivity contribution in [1.29, 1.82) is 0 Å². The molecule has 0 spiro atoms. The standard InChI is InChI=1S/C25H24FN3O6S2/c26-15-3-8-21-18(11-15)24(30)23(25(31)29(21)10-9-14-1-2-14)20-13-36(32,33)22-12-16(4-7-19(22)27-20)28-37(34,35)17-5-6-17/h3-4,7-8,11-12,14,17,28,30H,1-2,5-6,9-10,13H2. The summed E-state index contributed by atoms with van der Waals surface area (Å²) in [6, 6.07) is 7.74. The minimum absolute atomic E-state index is 0.0262. The van der Waals surface area contributed by atoms with Gasteiger partial charge in [0.2, 0.25) is 10.0 Å². The molecule has 2 fully saturated rings. The van der Waals surface area contributed by atoms with Gasteiger partial charge in [-0.05, 0) is 61.6 Å². The van der Waals surface area contributed by atoms with Gasteiger partial charge in [0.05, 0.1) is 32.8 Å². The van der Waals surface area contributed by atoms with Crippen LogP contribution in [0.2, 0.25) is 0 Å². The molecule has 2 saturated carbocycles. The normalized spacial score (nSPS) is 18.9. The third kappa shape index (κ3) is 4.42. The summed E-state index contributed by atoms with van der Waals surface area (Å²) >= 11 is 0. The van der Waals surface area contributed by atoms with E-state index in [0.29, 0.717) is 30.8 Å². The maximum absolute atomic E-state index is 14.1. The molecule has 0 atom stereocenters. The predicted molar refractivity (Wildman–Crippen MR) is 137 cm³/mol. The minimum Gasteiger partial charge on any atom is -0.506 e. The van der Waals surface area contributed by atoms with Gasteiger partial charge in [0.15, 0.2) is 9.84 Å². The minimum atomic E-state index is -4.04. The molecule has 0 radical (unpaired) electrons. The molecule has 0 saturated heterocycles. The molecule has 0 bridgehead atoms. The van der Waals surface area contributed by atoms with Crippen LogP contribution in [0, 0.1) is 11.7 Å². The third-order valence-corrected chi connectivity index (χ3v) is 10.6. The van der Waals surface area contributed by atoms with Crippen molar-refractivity contribution in [2.45, 2.75) is 48.8 Å². The number of nitrogens with one attached hydrogen (secondary N) is 1. The van der Waals surface area contributed by atoms with Gasteiger partial charge in [-0.25, -0.2) is 21.2 Å². The first kappa shape index (κ1) is 24.1. The summed E-state index contributed by atoms with van der Waals surface area (Å²) < 4.78 is 69.1. The molecular formula is C25H24FN3O6S2. The van der Waals surface area contributed by atoms with Crippen molar-refractivity contribution in [2.75, 3.05) is 10.5 Å². The quantitative estimate of drug-likeness (QED) is 0.467. The Labute approximate surface area is 212 Å². The van der Waals surface area contributed by atoms with E-state index < -0.39 is 48.0 Å². The Morgan fingerprint density at radius 3 is 2.57 bits per heavy atom. The fraction of sp³-hybridized carbons (Fsp3) is 0.360. The lowest BCUT2D eigenvalue weighted by Gasteiger charge is -2.20. The summed E-state index contributed by atoms with van der Waals surface area (Å²) in [5.41, 5.74) is -0.518. The topological polar surface area (TPSA) is 135 Å². The van der Waals surface area contributed by atoms with Crippen LogP contribution in [-0.4, -0.2) is 43.2 Å². The van der Waals surface area contributed by atoms with E-state index in [-0.39, 0.29) is 32.9 Å². The molecule has 9 nitrogen and oxygen atoms in total. The zero-order valence-electron chi connectivity index (χ0n) is 19.6. The van der Waals surface area contributed by atoms with Gasteiger partial charge in [0, 0.05) is 17.6 Å². The van der Waals surface area contributed by atoms with Gasteiger partial charge in [-0.1, -0.05) is 12.8 Å². The number of nitrogens with zero attached hydrogens (tertiary/aromatic N) is 2. The smallest absolute Gasteiger partial charge is 0.263 e. The maximum atomic E-state index is 14.1. The zero-order valence-corrected chi connectivity index (χ0v) is 21.3. The summed E-state index contributed by atoms with van der Waals surface area (Å²) in [4.78, 5) is 17.8. The second-order valence-corrected chi connectivity index (χ2v) is 13.8. The van der Waals surface area contributed by atoms with Gasteiger partial charge >= 0.3 is 0 Å². The number of halogens is 1. The molecule has 3 aliphatic rings. The van der Waals surface area contributed by atoms with E-state index in [2.05, 4.69) is 9.71 Å². The van der Waals surface area contributed by atoms with E-state index in [0.717, 1.165) is 25.3 Å². The van der Waals surface area contributed by atoms with Gasteiger partial charge < -0.3 is 9.67 Å². The van der Waals surface area contributed by atoms with E-state index in [1.165, 1.54) is 34.9 Å². The Morgan fingerprint density at radius 2 is 1.86 bits per heavy atom. The van der Waals surface area contributed by atoms with Crippen molar-refractivity contribution >= 4 is 47.8 Å². The van der Waals surface area contributed by atoms with Crippen molar-refractivity contribution in [3.05, 3.63) is 58.1 Å². The average Bonchev–Trinajstić information content (AvgIpc) is 3.73. The fourth-order valence-electron chi connectivity index (χ4n) is 4.72. The number of anilines is 1. The predicted octanol–water partition coefficient (Wildman–Crippen LogP) is 3.46. The molecule has 2 N–H and O–H groups in total. The van der Waals surface area contributed by atoms with Gasteiger partial charge in [-0.2, -0.15) is 0 Å². The molecule has 6 rings (SSSR count). The first-order valence-electron chi connectivity index (χ1n) is 12.0. The van der Waals surface area contributed by atoms with Crippen LogP contribution in [0.5, 0.6) is 5.75 Å².